The molecule has 0 atom stereocenters. The minimum atomic E-state index is -4.24. The molecule has 0 bridgehead atoms. The summed E-state index contributed by atoms with van der Waals surface area (Å²) in [6, 6.07) is 2.97. The molecule has 0 aliphatic rings. The van der Waals surface area contributed by atoms with Gasteiger partial charge in [-0.05, 0) is 18.7 Å². The summed E-state index contributed by atoms with van der Waals surface area (Å²) in [7, 11) is 0. The number of rotatable bonds is 5. The van der Waals surface area contributed by atoms with Crippen molar-refractivity contribution in [2.24, 2.45) is 5.84 Å². The lowest BCUT2D eigenvalue weighted by Gasteiger charge is -2.21. The van der Waals surface area contributed by atoms with Gasteiger partial charge in [-0.15, -0.1) is 0 Å². The second kappa shape index (κ2) is 6.48. The van der Waals surface area contributed by atoms with E-state index >= 15 is 0 Å². The van der Waals surface area contributed by atoms with Crippen LogP contribution >= 0.6 is 0 Å². The fourth-order valence-electron chi connectivity index (χ4n) is 1.50. The highest BCUT2D eigenvalue weighted by Gasteiger charge is 2.30. The monoisotopic (exact) mass is 276 g/mol. The van der Waals surface area contributed by atoms with Crippen LogP contribution in [0, 0.1) is 0 Å². The molecule has 1 aromatic rings. The molecule has 106 valence electrons. The maximum Gasteiger partial charge on any atom is 0.401 e. The van der Waals surface area contributed by atoms with Crippen LogP contribution in [0.3, 0.4) is 0 Å². The minimum absolute atomic E-state index is 0.0700. The normalized spacial score (nSPS) is 11.7. The lowest BCUT2D eigenvalue weighted by atomic mass is 10.2. The third-order valence-electron chi connectivity index (χ3n) is 2.45. The second-order valence-corrected chi connectivity index (χ2v) is 3.93. The van der Waals surface area contributed by atoms with E-state index in [-0.39, 0.29) is 18.7 Å². The molecule has 0 aliphatic carbocycles. The van der Waals surface area contributed by atoms with E-state index < -0.39 is 18.6 Å². The first-order valence-corrected chi connectivity index (χ1v) is 5.60. The number of nitrogens with zero attached hydrogens (tertiary/aromatic N) is 2. The number of carbonyl (C=O) groups is 1. The van der Waals surface area contributed by atoms with Crippen molar-refractivity contribution in [1.82, 2.24) is 15.3 Å². The van der Waals surface area contributed by atoms with Gasteiger partial charge in [-0.1, -0.05) is 6.92 Å². The molecule has 0 saturated carbocycles. The van der Waals surface area contributed by atoms with E-state index in [1.807, 2.05) is 5.43 Å². The molecular formula is C11H15F3N4O. The number of hydrogen-bond acceptors (Lipinski definition) is 4. The zero-order chi connectivity index (χ0) is 14.5. The molecule has 1 heterocycles. The number of carbonyl (C=O) groups excluding carboxylic acids is 1. The van der Waals surface area contributed by atoms with Crippen molar-refractivity contribution >= 4 is 5.91 Å². The van der Waals surface area contributed by atoms with E-state index in [4.69, 9.17) is 5.84 Å². The van der Waals surface area contributed by atoms with Crippen LogP contribution in [-0.4, -0.2) is 35.1 Å². The van der Waals surface area contributed by atoms with Gasteiger partial charge in [0.05, 0.1) is 17.8 Å². The zero-order valence-electron chi connectivity index (χ0n) is 10.4. The first-order chi connectivity index (χ1) is 8.85. The number of hydrogen-bond donors (Lipinski definition) is 2. The maximum atomic E-state index is 12.3. The number of nitrogens with two attached hydrogens (primary N) is 1. The molecule has 1 rings (SSSR count). The Morgan fingerprint density at radius 1 is 1.47 bits per heavy atom. The standard InChI is InChI=1S/C11H15F3N4O/c1-2-18(7-11(12,13)14)6-9-4-3-8(5-16-9)10(19)17-15/h3-5H,2,6-7,15H2,1H3,(H,17,19). The van der Waals surface area contributed by atoms with E-state index in [1.54, 1.807) is 6.92 Å². The lowest BCUT2D eigenvalue weighted by Crippen LogP contribution is -2.34. The number of alkyl halides is 3. The van der Waals surface area contributed by atoms with Crippen LogP contribution in [0.25, 0.3) is 0 Å². The Morgan fingerprint density at radius 3 is 2.58 bits per heavy atom. The Hall–Kier alpha value is -1.67. The second-order valence-electron chi connectivity index (χ2n) is 3.93. The van der Waals surface area contributed by atoms with E-state index in [9.17, 15) is 18.0 Å². The highest BCUT2D eigenvalue weighted by Crippen LogP contribution is 2.17. The van der Waals surface area contributed by atoms with Gasteiger partial charge in [-0.25, -0.2) is 5.84 Å². The fourth-order valence-corrected chi connectivity index (χ4v) is 1.50. The summed E-state index contributed by atoms with van der Waals surface area (Å²) in [5.41, 5.74) is 2.66. The average Bonchev–Trinajstić information content (AvgIpc) is 2.36. The summed E-state index contributed by atoms with van der Waals surface area (Å²) >= 11 is 0. The molecule has 0 fully saturated rings. The average molecular weight is 276 g/mol. The van der Waals surface area contributed by atoms with E-state index in [0.717, 1.165) is 0 Å². The molecule has 0 unspecified atom stereocenters. The molecule has 5 nitrogen and oxygen atoms in total. The van der Waals surface area contributed by atoms with Crippen LogP contribution in [0.1, 0.15) is 23.0 Å². The molecule has 0 radical (unpaired) electrons. The number of pyridine rings is 1. The molecular weight excluding hydrogens is 261 g/mol. The lowest BCUT2D eigenvalue weighted by molar-refractivity contribution is -0.146. The van der Waals surface area contributed by atoms with Crippen LogP contribution in [0.4, 0.5) is 13.2 Å². The highest BCUT2D eigenvalue weighted by atomic mass is 19.4. The predicted molar refractivity (Wildman–Crippen MR) is 62.9 cm³/mol. The third kappa shape index (κ3) is 5.23. The number of nitrogens with one attached hydrogen (secondary N) is 1. The number of hydrazine groups is 1. The third-order valence-corrected chi connectivity index (χ3v) is 2.45. The highest BCUT2D eigenvalue weighted by molar-refractivity contribution is 5.93. The molecule has 1 aromatic heterocycles. The summed E-state index contributed by atoms with van der Waals surface area (Å²) in [4.78, 5) is 16.3. The molecule has 8 heteroatoms. The maximum absolute atomic E-state index is 12.3. The van der Waals surface area contributed by atoms with Crippen molar-refractivity contribution < 1.29 is 18.0 Å². The fraction of sp³-hybridized carbons (Fsp3) is 0.455. The molecule has 0 aliphatic heterocycles. The summed E-state index contributed by atoms with van der Waals surface area (Å²) in [5, 5.41) is 0. The molecule has 3 N–H and O–H groups in total. The summed E-state index contributed by atoms with van der Waals surface area (Å²) in [6.45, 7) is 0.977. The van der Waals surface area contributed by atoms with Gasteiger partial charge in [-0.3, -0.25) is 20.1 Å². The van der Waals surface area contributed by atoms with Crippen molar-refractivity contribution in [3.05, 3.63) is 29.6 Å². The van der Waals surface area contributed by atoms with Gasteiger partial charge in [0.15, 0.2) is 0 Å². The Balaban J connectivity index is 2.68. The molecule has 0 aromatic carbocycles. The summed E-state index contributed by atoms with van der Waals surface area (Å²) in [5.74, 6) is 4.45. The Labute approximate surface area is 108 Å². The number of halogens is 3. The van der Waals surface area contributed by atoms with Gasteiger partial charge in [0.25, 0.3) is 5.91 Å². The van der Waals surface area contributed by atoms with Gasteiger partial charge in [0, 0.05) is 12.7 Å². The van der Waals surface area contributed by atoms with Gasteiger partial charge in [0.2, 0.25) is 0 Å². The largest absolute Gasteiger partial charge is 0.401 e. The number of aromatic nitrogens is 1. The van der Waals surface area contributed by atoms with Crippen molar-refractivity contribution in [3.63, 3.8) is 0 Å². The predicted octanol–water partition coefficient (Wildman–Crippen LogP) is 1.07. The SMILES string of the molecule is CCN(Cc1ccc(C(=O)NN)cn1)CC(F)(F)F. The number of amides is 1. The zero-order valence-corrected chi connectivity index (χ0v) is 10.4. The van der Waals surface area contributed by atoms with Crippen LogP contribution in [0.15, 0.2) is 18.3 Å². The molecule has 19 heavy (non-hydrogen) atoms. The van der Waals surface area contributed by atoms with Crippen molar-refractivity contribution in [2.75, 3.05) is 13.1 Å². The molecule has 0 spiro atoms. The molecule has 0 saturated heterocycles. The Bertz CT molecular complexity index is 419. The first kappa shape index (κ1) is 15.4. The van der Waals surface area contributed by atoms with Crippen molar-refractivity contribution in [2.45, 2.75) is 19.6 Å². The van der Waals surface area contributed by atoms with Crippen molar-refractivity contribution in [1.29, 1.82) is 0 Å². The Morgan fingerprint density at radius 2 is 2.16 bits per heavy atom. The van der Waals surface area contributed by atoms with Gasteiger partial charge < -0.3 is 0 Å². The van der Waals surface area contributed by atoms with Crippen molar-refractivity contribution in [3.8, 4) is 0 Å². The quantitative estimate of drug-likeness (QED) is 0.479. The Kier molecular flexibility index (Phi) is 5.25. The van der Waals surface area contributed by atoms with Crippen LogP contribution in [0.2, 0.25) is 0 Å². The van der Waals surface area contributed by atoms with Gasteiger partial charge >= 0.3 is 6.18 Å². The van der Waals surface area contributed by atoms with E-state index in [0.29, 0.717) is 5.69 Å². The topological polar surface area (TPSA) is 71.2 Å². The summed E-state index contributed by atoms with van der Waals surface area (Å²) in [6.07, 6.45) is -2.96. The van der Waals surface area contributed by atoms with E-state index in [2.05, 4.69) is 4.98 Å². The van der Waals surface area contributed by atoms with Crippen LogP contribution < -0.4 is 11.3 Å². The van der Waals surface area contributed by atoms with E-state index in [1.165, 1.54) is 23.2 Å². The van der Waals surface area contributed by atoms with Crippen LogP contribution in [0.5, 0.6) is 0 Å². The summed E-state index contributed by atoms with van der Waals surface area (Å²) < 4.78 is 36.8. The molecule has 1 amide bonds. The van der Waals surface area contributed by atoms with Gasteiger partial charge in [-0.2, -0.15) is 13.2 Å². The minimum Gasteiger partial charge on any atom is -0.290 e. The smallest absolute Gasteiger partial charge is 0.290 e. The first-order valence-electron chi connectivity index (χ1n) is 5.60. The van der Waals surface area contributed by atoms with Gasteiger partial charge in [0.1, 0.15) is 0 Å². The van der Waals surface area contributed by atoms with Crippen LogP contribution in [-0.2, 0) is 6.54 Å². The number of nitrogen functional groups attached to an aromatic ring is 1.